The van der Waals surface area contributed by atoms with Gasteiger partial charge in [0.2, 0.25) is 0 Å². The van der Waals surface area contributed by atoms with Crippen molar-refractivity contribution in [3.05, 3.63) is 24.0 Å². The van der Waals surface area contributed by atoms with Crippen LogP contribution < -0.4 is 4.74 Å². The number of amides is 1. The van der Waals surface area contributed by atoms with Crippen LogP contribution in [0.1, 0.15) is 24.8 Å². The van der Waals surface area contributed by atoms with Crippen molar-refractivity contribution in [2.75, 3.05) is 13.2 Å². The summed E-state index contributed by atoms with van der Waals surface area (Å²) in [6, 6.07) is 3.44. The molecule has 100 valence electrons. The number of carbonyl (C=O) groups is 1. The van der Waals surface area contributed by atoms with Crippen LogP contribution in [0.3, 0.4) is 0 Å². The predicted molar refractivity (Wildman–Crippen MR) is 66.8 cm³/mol. The molecule has 1 fully saturated rings. The molecule has 1 aromatic heterocycles. The fourth-order valence-electron chi connectivity index (χ4n) is 2.20. The number of piperidine rings is 1. The lowest BCUT2D eigenvalue weighted by Gasteiger charge is -2.33. The molecule has 0 aromatic carbocycles. The van der Waals surface area contributed by atoms with Gasteiger partial charge in [0, 0.05) is 12.7 Å². The number of pyridine rings is 1. The molecule has 2 rings (SSSR count). The highest BCUT2D eigenvalue weighted by molar-refractivity contribution is 5.65. The minimum atomic E-state index is -0.917. The van der Waals surface area contributed by atoms with Gasteiger partial charge in [-0.3, -0.25) is 4.98 Å². The lowest BCUT2D eigenvalue weighted by Crippen LogP contribution is -2.46. The van der Waals surface area contributed by atoms with Crippen molar-refractivity contribution in [3.8, 4) is 11.8 Å². The van der Waals surface area contributed by atoms with Crippen molar-refractivity contribution in [1.82, 2.24) is 9.88 Å². The normalized spacial score (nSPS) is 18.7. The zero-order valence-corrected chi connectivity index (χ0v) is 10.5. The molecule has 1 aliphatic heterocycles. The van der Waals surface area contributed by atoms with Gasteiger partial charge in [0.05, 0.1) is 17.8 Å². The van der Waals surface area contributed by atoms with Gasteiger partial charge < -0.3 is 14.7 Å². The topological polar surface area (TPSA) is 86.5 Å². The molecule has 2 heterocycles. The molecule has 1 atom stereocenters. The van der Waals surface area contributed by atoms with E-state index in [4.69, 9.17) is 15.1 Å². The molecular formula is C13H15N3O3. The molecule has 1 aliphatic rings. The first-order valence-corrected chi connectivity index (χ1v) is 6.19. The van der Waals surface area contributed by atoms with E-state index in [2.05, 4.69) is 4.98 Å². The van der Waals surface area contributed by atoms with E-state index in [1.807, 2.05) is 6.07 Å². The van der Waals surface area contributed by atoms with Gasteiger partial charge in [-0.25, -0.2) is 4.79 Å². The van der Waals surface area contributed by atoms with Gasteiger partial charge in [0.25, 0.3) is 0 Å². The third kappa shape index (κ3) is 3.13. The average molecular weight is 261 g/mol. The standard InChI is InChI=1S/C13H15N3O3/c14-7-10-4-5-15-8-12(10)19-9-11-3-1-2-6-16(11)13(17)18/h4-5,8,11H,1-3,6,9H2,(H,17,18)/t11-/m1/s1. The van der Waals surface area contributed by atoms with Gasteiger partial charge in [-0.2, -0.15) is 5.26 Å². The van der Waals surface area contributed by atoms with Gasteiger partial charge in [0.15, 0.2) is 5.75 Å². The fraction of sp³-hybridized carbons (Fsp3) is 0.462. The Balaban J connectivity index is 2.01. The predicted octanol–water partition coefficient (Wildman–Crippen LogP) is 1.86. The summed E-state index contributed by atoms with van der Waals surface area (Å²) in [7, 11) is 0. The monoisotopic (exact) mass is 261 g/mol. The van der Waals surface area contributed by atoms with Crippen molar-refractivity contribution in [1.29, 1.82) is 5.26 Å². The molecular weight excluding hydrogens is 246 g/mol. The van der Waals surface area contributed by atoms with E-state index in [1.165, 1.54) is 17.3 Å². The van der Waals surface area contributed by atoms with Crippen molar-refractivity contribution < 1.29 is 14.6 Å². The van der Waals surface area contributed by atoms with Crippen LogP contribution in [-0.2, 0) is 0 Å². The van der Waals surface area contributed by atoms with Crippen LogP contribution in [0.4, 0.5) is 4.79 Å². The van der Waals surface area contributed by atoms with Gasteiger partial charge in [0.1, 0.15) is 12.7 Å². The molecule has 6 nitrogen and oxygen atoms in total. The number of aromatic nitrogens is 1. The molecule has 1 N–H and O–H groups in total. The van der Waals surface area contributed by atoms with E-state index in [-0.39, 0.29) is 12.6 Å². The summed E-state index contributed by atoms with van der Waals surface area (Å²) < 4.78 is 5.56. The summed E-state index contributed by atoms with van der Waals surface area (Å²) in [5.41, 5.74) is 0.410. The van der Waals surface area contributed by atoms with Crippen LogP contribution in [0.2, 0.25) is 0 Å². The summed E-state index contributed by atoms with van der Waals surface area (Å²) >= 11 is 0. The molecule has 0 spiro atoms. The first-order chi connectivity index (χ1) is 9.22. The van der Waals surface area contributed by atoms with Crippen molar-refractivity contribution in [3.63, 3.8) is 0 Å². The second kappa shape index (κ2) is 6.05. The summed E-state index contributed by atoms with van der Waals surface area (Å²) in [5.74, 6) is 0.404. The highest BCUT2D eigenvalue weighted by Gasteiger charge is 2.27. The lowest BCUT2D eigenvalue weighted by atomic mass is 10.0. The Kier molecular flexibility index (Phi) is 4.18. The van der Waals surface area contributed by atoms with Crippen LogP contribution in [0.5, 0.6) is 5.75 Å². The third-order valence-electron chi connectivity index (χ3n) is 3.21. The second-order valence-electron chi connectivity index (χ2n) is 4.42. The summed E-state index contributed by atoms with van der Waals surface area (Å²) in [6.45, 7) is 0.800. The first-order valence-electron chi connectivity index (χ1n) is 6.19. The molecule has 1 aromatic rings. The Morgan fingerprint density at radius 2 is 2.47 bits per heavy atom. The highest BCUT2D eigenvalue weighted by atomic mass is 16.5. The Hall–Kier alpha value is -2.29. The number of hydrogen-bond donors (Lipinski definition) is 1. The quantitative estimate of drug-likeness (QED) is 0.897. The number of rotatable bonds is 3. The molecule has 0 unspecified atom stereocenters. The van der Waals surface area contributed by atoms with Gasteiger partial charge in [-0.15, -0.1) is 0 Å². The number of ether oxygens (including phenoxy) is 1. The van der Waals surface area contributed by atoms with Gasteiger partial charge >= 0.3 is 6.09 Å². The average Bonchev–Trinajstić information content (AvgIpc) is 2.45. The summed E-state index contributed by atoms with van der Waals surface area (Å²) in [5, 5.41) is 18.0. The van der Waals surface area contributed by atoms with Gasteiger partial charge in [-0.05, 0) is 25.3 Å². The molecule has 19 heavy (non-hydrogen) atoms. The van der Waals surface area contributed by atoms with E-state index < -0.39 is 6.09 Å². The van der Waals surface area contributed by atoms with Gasteiger partial charge in [-0.1, -0.05) is 0 Å². The maximum atomic E-state index is 11.1. The van der Waals surface area contributed by atoms with E-state index in [1.54, 1.807) is 6.07 Å². The number of carboxylic acid groups (broad SMARTS) is 1. The molecule has 1 saturated heterocycles. The number of nitriles is 1. The van der Waals surface area contributed by atoms with Crippen LogP contribution in [0.15, 0.2) is 18.5 Å². The van der Waals surface area contributed by atoms with E-state index >= 15 is 0 Å². The van der Waals surface area contributed by atoms with Crippen molar-refractivity contribution >= 4 is 6.09 Å². The minimum Gasteiger partial charge on any atom is -0.488 e. The van der Waals surface area contributed by atoms with Crippen molar-refractivity contribution in [2.45, 2.75) is 25.3 Å². The second-order valence-corrected chi connectivity index (χ2v) is 4.42. The zero-order valence-electron chi connectivity index (χ0n) is 10.5. The SMILES string of the molecule is N#Cc1ccncc1OC[C@H]1CCCCN1C(=O)O. The van der Waals surface area contributed by atoms with Crippen LogP contribution >= 0.6 is 0 Å². The van der Waals surface area contributed by atoms with E-state index in [9.17, 15) is 4.79 Å². The van der Waals surface area contributed by atoms with Crippen LogP contribution in [-0.4, -0.2) is 40.3 Å². The van der Waals surface area contributed by atoms with Crippen LogP contribution in [0, 0.1) is 11.3 Å². The zero-order chi connectivity index (χ0) is 13.7. The van der Waals surface area contributed by atoms with Crippen LogP contribution in [0.25, 0.3) is 0 Å². The minimum absolute atomic E-state index is 0.155. The molecule has 0 bridgehead atoms. The smallest absolute Gasteiger partial charge is 0.407 e. The molecule has 0 aliphatic carbocycles. The van der Waals surface area contributed by atoms with Crippen molar-refractivity contribution in [2.24, 2.45) is 0 Å². The highest BCUT2D eigenvalue weighted by Crippen LogP contribution is 2.20. The first kappa shape index (κ1) is 13.1. The Morgan fingerprint density at radius 3 is 3.21 bits per heavy atom. The molecule has 6 heteroatoms. The molecule has 0 saturated carbocycles. The lowest BCUT2D eigenvalue weighted by molar-refractivity contribution is 0.0836. The number of hydrogen-bond acceptors (Lipinski definition) is 4. The number of nitrogens with zero attached hydrogens (tertiary/aromatic N) is 3. The largest absolute Gasteiger partial charge is 0.488 e. The summed E-state index contributed by atoms with van der Waals surface area (Å²) in [4.78, 5) is 16.4. The Bertz CT molecular complexity index is 498. The summed E-state index contributed by atoms with van der Waals surface area (Å²) in [6.07, 6.45) is 4.76. The van der Waals surface area contributed by atoms with E-state index in [0.717, 1.165) is 19.3 Å². The fourth-order valence-corrected chi connectivity index (χ4v) is 2.20. The Morgan fingerprint density at radius 1 is 1.63 bits per heavy atom. The molecule has 1 amide bonds. The maximum absolute atomic E-state index is 11.1. The third-order valence-corrected chi connectivity index (χ3v) is 3.21. The molecule has 0 radical (unpaired) electrons. The van der Waals surface area contributed by atoms with E-state index in [0.29, 0.717) is 17.9 Å². The Labute approximate surface area is 111 Å². The number of likely N-dealkylation sites (tertiary alicyclic amines) is 1. The maximum Gasteiger partial charge on any atom is 0.407 e.